The Bertz CT molecular complexity index is 1110. The zero-order valence-electron chi connectivity index (χ0n) is 23.5. The fourth-order valence-electron chi connectivity index (χ4n) is 6.47. The summed E-state index contributed by atoms with van der Waals surface area (Å²) in [4.78, 5) is 14.8. The van der Waals surface area contributed by atoms with Gasteiger partial charge in [-0.2, -0.15) is 0 Å². The van der Waals surface area contributed by atoms with E-state index in [9.17, 15) is 9.90 Å². The van der Waals surface area contributed by atoms with Gasteiger partial charge in [-0.25, -0.2) is 4.79 Å². The van der Waals surface area contributed by atoms with E-state index in [1.807, 2.05) is 35.0 Å². The topological polar surface area (TPSA) is 55.8 Å². The number of benzene rings is 1. The van der Waals surface area contributed by atoms with Crippen LogP contribution in [0.5, 0.6) is 0 Å². The number of quaternary nitrogens is 1. The van der Waals surface area contributed by atoms with E-state index in [0.29, 0.717) is 15.7 Å². The van der Waals surface area contributed by atoms with Gasteiger partial charge in [-0.05, 0) is 67.0 Å². The lowest BCUT2D eigenvalue weighted by Crippen LogP contribution is -2.65. The number of carbonyl (C=O) groups excluding carboxylic acids is 1. The molecule has 216 valence electrons. The van der Waals surface area contributed by atoms with E-state index >= 15 is 0 Å². The molecule has 2 bridgehead atoms. The second kappa shape index (κ2) is 14.2. The maximum atomic E-state index is 13.5. The van der Waals surface area contributed by atoms with Crippen LogP contribution < -0.4 is 0 Å². The molecule has 3 aliphatic heterocycles. The molecule has 3 saturated heterocycles. The summed E-state index contributed by atoms with van der Waals surface area (Å²) in [6.07, 6.45) is 10.3. The lowest BCUT2D eigenvalue weighted by molar-refractivity contribution is -0.946. The van der Waals surface area contributed by atoms with Crippen LogP contribution in [0.15, 0.2) is 65.4 Å². The first-order chi connectivity index (χ1) is 19.6. The Kier molecular flexibility index (Phi) is 10.5. The number of unbranched alkanes of at least 4 members (excludes halogenated alkanes) is 4. The standard InChI is InChI=1S/C33H44NO4S2/c35-32(33(36,30-15-10-24-39-30)31-16-11-25-40-31)38-29-26-34(20-17-28(29)18-21-34)19-7-1-2-8-22-37-23-9-6-14-27-12-4-3-5-13-27/h3-5,10-13,15-16,24-25,28-29,36H,1-2,6-9,14,17-23,26H2/q+1/t28?,29-,34?/m0/s1. The van der Waals surface area contributed by atoms with Crippen LogP contribution in [0.4, 0.5) is 0 Å². The van der Waals surface area contributed by atoms with Crippen molar-refractivity contribution in [3.63, 3.8) is 0 Å². The molecule has 40 heavy (non-hydrogen) atoms. The summed E-state index contributed by atoms with van der Waals surface area (Å²) < 4.78 is 13.1. The predicted molar refractivity (Wildman–Crippen MR) is 163 cm³/mol. The average molecular weight is 583 g/mol. The van der Waals surface area contributed by atoms with Crippen LogP contribution in [0.3, 0.4) is 0 Å². The van der Waals surface area contributed by atoms with Gasteiger partial charge in [0.1, 0.15) is 6.54 Å². The van der Waals surface area contributed by atoms with Crippen molar-refractivity contribution in [1.82, 2.24) is 0 Å². The van der Waals surface area contributed by atoms with Crippen LogP contribution >= 0.6 is 22.7 Å². The molecule has 0 amide bonds. The Morgan fingerprint density at radius 2 is 1.50 bits per heavy atom. The number of hydrogen-bond acceptors (Lipinski definition) is 6. The van der Waals surface area contributed by atoms with Gasteiger partial charge in [-0.3, -0.25) is 0 Å². The van der Waals surface area contributed by atoms with Gasteiger partial charge in [0.05, 0.1) is 29.4 Å². The third kappa shape index (κ3) is 7.24. The molecule has 3 fully saturated rings. The van der Waals surface area contributed by atoms with E-state index in [1.54, 1.807) is 0 Å². The van der Waals surface area contributed by atoms with Gasteiger partial charge >= 0.3 is 5.97 Å². The molecule has 5 nitrogen and oxygen atoms in total. The monoisotopic (exact) mass is 582 g/mol. The smallest absolute Gasteiger partial charge is 0.349 e. The van der Waals surface area contributed by atoms with Gasteiger partial charge in [0.15, 0.2) is 6.10 Å². The molecule has 1 aromatic carbocycles. The second-order valence-electron chi connectivity index (χ2n) is 11.6. The molecule has 1 atom stereocenters. The van der Waals surface area contributed by atoms with Crippen LogP contribution in [-0.2, 0) is 26.3 Å². The van der Waals surface area contributed by atoms with E-state index in [-0.39, 0.29) is 6.10 Å². The van der Waals surface area contributed by atoms with Gasteiger partial charge in [0, 0.05) is 32.0 Å². The Hall–Kier alpha value is -2.03. The summed E-state index contributed by atoms with van der Waals surface area (Å²) in [5.41, 5.74) is -0.307. The van der Waals surface area contributed by atoms with Gasteiger partial charge in [-0.15, -0.1) is 22.7 Å². The highest BCUT2D eigenvalue weighted by Gasteiger charge is 2.51. The first-order valence-corrected chi connectivity index (χ1v) is 16.8. The van der Waals surface area contributed by atoms with Crippen molar-refractivity contribution >= 4 is 28.6 Å². The minimum Gasteiger partial charge on any atom is -0.453 e. The molecular formula is C33H44NO4S2+. The number of carbonyl (C=O) groups is 1. The van der Waals surface area contributed by atoms with E-state index < -0.39 is 11.6 Å². The fraction of sp³-hybridized carbons (Fsp3) is 0.545. The van der Waals surface area contributed by atoms with Crippen LogP contribution in [0.2, 0.25) is 0 Å². The molecule has 2 aromatic heterocycles. The van der Waals surface area contributed by atoms with Crippen molar-refractivity contribution in [3.8, 4) is 0 Å². The predicted octanol–water partition coefficient (Wildman–Crippen LogP) is 6.80. The molecule has 1 N–H and O–H groups in total. The van der Waals surface area contributed by atoms with Gasteiger partial charge in [0.25, 0.3) is 0 Å². The highest BCUT2D eigenvalue weighted by atomic mass is 32.1. The Balaban J connectivity index is 1.01. The summed E-state index contributed by atoms with van der Waals surface area (Å²) in [6.45, 7) is 6.13. The first-order valence-electron chi connectivity index (χ1n) is 15.1. The molecule has 0 radical (unpaired) electrons. The molecule has 0 aliphatic carbocycles. The number of thiophene rings is 2. The van der Waals surface area contributed by atoms with Crippen LogP contribution in [0.1, 0.15) is 66.7 Å². The number of fused-ring (bicyclic) bond motifs is 3. The average Bonchev–Trinajstić information content (AvgIpc) is 3.73. The van der Waals surface area contributed by atoms with Crippen molar-refractivity contribution in [2.24, 2.45) is 5.92 Å². The summed E-state index contributed by atoms with van der Waals surface area (Å²) in [5, 5.41) is 15.4. The van der Waals surface area contributed by atoms with Gasteiger partial charge < -0.3 is 19.1 Å². The van der Waals surface area contributed by atoms with Crippen molar-refractivity contribution in [1.29, 1.82) is 0 Å². The van der Waals surface area contributed by atoms with E-state index in [1.165, 1.54) is 67.0 Å². The van der Waals surface area contributed by atoms with E-state index in [0.717, 1.165) is 62.9 Å². The quantitative estimate of drug-likeness (QED) is 0.115. The molecule has 3 aliphatic rings. The van der Waals surface area contributed by atoms with Crippen molar-refractivity contribution in [2.75, 3.05) is 39.4 Å². The van der Waals surface area contributed by atoms with Crippen molar-refractivity contribution in [2.45, 2.75) is 69.5 Å². The zero-order valence-corrected chi connectivity index (χ0v) is 25.2. The third-order valence-corrected chi connectivity index (χ3v) is 10.8. The number of ether oxygens (including phenoxy) is 2. The Morgan fingerprint density at radius 3 is 2.15 bits per heavy atom. The summed E-state index contributed by atoms with van der Waals surface area (Å²) in [5.74, 6) is -0.112. The molecule has 3 aromatic rings. The molecule has 0 spiro atoms. The largest absolute Gasteiger partial charge is 0.453 e. The number of aliphatic hydroxyl groups is 1. The van der Waals surface area contributed by atoms with Gasteiger partial charge in [0.2, 0.25) is 5.60 Å². The lowest BCUT2D eigenvalue weighted by atomic mass is 9.82. The number of hydrogen-bond donors (Lipinski definition) is 1. The van der Waals surface area contributed by atoms with Crippen molar-refractivity contribution in [3.05, 3.63) is 80.7 Å². The van der Waals surface area contributed by atoms with E-state index in [2.05, 4.69) is 30.3 Å². The maximum absolute atomic E-state index is 13.5. The number of aryl methyl sites for hydroxylation is 1. The SMILES string of the molecule is O=C(O[C@H]1C[N+]2(CCCCCCOCCCCc3ccccc3)CCC1CC2)C(O)(c1cccs1)c1cccs1. The van der Waals surface area contributed by atoms with Crippen LogP contribution in [0, 0.1) is 5.92 Å². The zero-order chi connectivity index (χ0) is 27.7. The van der Waals surface area contributed by atoms with Crippen LogP contribution in [0.25, 0.3) is 0 Å². The molecule has 0 unspecified atom stereocenters. The number of nitrogens with zero attached hydrogens (tertiary/aromatic N) is 1. The molecule has 5 heterocycles. The summed E-state index contributed by atoms with van der Waals surface area (Å²) in [6, 6.07) is 18.1. The maximum Gasteiger partial charge on any atom is 0.349 e. The molecule has 7 heteroatoms. The fourth-order valence-corrected chi connectivity index (χ4v) is 8.18. The molecule has 6 rings (SSSR count). The normalized spacial score (nSPS) is 22.4. The minimum absolute atomic E-state index is 0.114. The summed E-state index contributed by atoms with van der Waals surface area (Å²) >= 11 is 2.80. The van der Waals surface area contributed by atoms with E-state index in [4.69, 9.17) is 9.47 Å². The molecule has 0 saturated carbocycles. The second-order valence-corrected chi connectivity index (χ2v) is 13.5. The highest BCUT2D eigenvalue weighted by molar-refractivity contribution is 7.12. The lowest BCUT2D eigenvalue weighted by Gasteiger charge is -2.52. The number of rotatable bonds is 16. The number of piperidine rings is 3. The number of esters is 1. The Morgan fingerprint density at radius 1 is 0.850 bits per heavy atom. The van der Waals surface area contributed by atoms with Crippen molar-refractivity contribution < 1.29 is 23.9 Å². The minimum atomic E-state index is -1.72. The van der Waals surface area contributed by atoms with Gasteiger partial charge in [-0.1, -0.05) is 48.9 Å². The third-order valence-electron chi connectivity index (χ3n) is 8.87. The molecular weight excluding hydrogens is 539 g/mol. The summed E-state index contributed by atoms with van der Waals surface area (Å²) in [7, 11) is 0. The van der Waals surface area contributed by atoms with Crippen LogP contribution in [-0.4, -0.2) is 61.1 Å². The first kappa shape index (κ1) is 29.5. The highest BCUT2D eigenvalue weighted by Crippen LogP contribution is 2.40. The Labute approximate surface area is 247 Å².